The zero-order valence-electron chi connectivity index (χ0n) is 12.2. The lowest BCUT2D eigenvalue weighted by molar-refractivity contribution is -0.192. The van der Waals surface area contributed by atoms with Crippen LogP contribution >= 0.6 is 0 Å². The maximum absolute atomic E-state index is 11.4. The average Bonchev–Trinajstić information content (AvgIpc) is 2.26. The van der Waals surface area contributed by atoms with E-state index in [1.165, 1.54) is 0 Å². The molecule has 0 radical (unpaired) electrons. The molecule has 120 valence electrons. The van der Waals surface area contributed by atoms with Crippen LogP contribution in [0.15, 0.2) is 0 Å². The number of alkyl halides is 3. The molecule has 1 atom stereocenters. The van der Waals surface area contributed by atoms with Crippen LogP contribution in [0.3, 0.4) is 0 Å². The van der Waals surface area contributed by atoms with Gasteiger partial charge >= 0.3 is 12.1 Å². The summed E-state index contributed by atoms with van der Waals surface area (Å²) < 4.78 is 31.7. The summed E-state index contributed by atoms with van der Waals surface area (Å²) >= 11 is 0. The lowest BCUT2D eigenvalue weighted by Crippen LogP contribution is -2.27. The first-order valence-electron chi connectivity index (χ1n) is 6.12. The number of nitrogens with zero attached hydrogens (tertiary/aromatic N) is 1. The largest absolute Gasteiger partial charge is 0.490 e. The molecule has 3 N–H and O–H groups in total. The first kappa shape index (κ1) is 21.0. The predicted molar refractivity (Wildman–Crippen MR) is 69.0 cm³/mol. The highest BCUT2D eigenvalue weighted by Gasteiger charge is 2.38. The normalized spacial score (nSPS) is 12.4. The molecule has 0 unspecified atom stereocenters. The summed E-state index contributed by atoms with van der Waals surface area (Å²) in [4.78, 5) is 21.9. The van der Waals surface area contributed by atoms with E-state index in [1.54, 1.807) is 19.0 Å². The third kappa shape index (κ3) is 11.8. The van der Waals surface area contributed by atoms with Crippen LogP contribution < -0.4 is 5.73 Å². The molecule has 5 nitrogen and oxygen atoms in total. The maximum Gasteiger partial charge on any atom is 0.490 e. The van der Waals surface area contributed by atoms with Crippen LogP contribution in [0.2, 0.25) is 0 Å². The predicted octanol–water partition coefficient (Wildman–Crippen LogP) is 1.72. The minimum absolute atomic E-state index is 0.177. The smallest absolute Gasteiger partial charge is 0.475 e. The Morgan fingerprint density at radius 3 is 1.85 bits per heavy atom. The van der Waals surface area contributed by atoms with Crippen molar-refractivity contribution in [1.82, 2.24) is 4.90 Å². The number of carbonyl (C=O) groups excluding carboxylic acids is 1. The SMILES string of the molecule is CC(C)C[C@H](CN)CC(=O)N(C)C.O=C(O)C(F)(F)F. The van der Waals surface area contributed by atoms with Crippen LogP contribution in [-0.2, 0) is 9.59 Å². The minimum Gasteiger partial charge on any atom is -0.475 e. The summed E-state index contributed by atoms with van der Waals surface area (Å²) in [5.41, 5.74) is 5.60. The molecular formula is C12H23F3N2O3. The van der Waals surface area contributed by atoms with E-state index in [4.69, 9.17) is 15.6 Å². The molecule has 0 fully saturated rings. The second-order valence-electron chi connectivity index (χ2n) is 5.03. The van der Waals surface area contributed by atoms with Crippen LogP contribution in [-0.4, -0.2) is 48.7 Å². The van der Waals surface area contributed by atoms with Crippen molar-refractivity contribution in [2.45, 2.75) is 32.9 Å². The van der Waals surface area contributed by atoms with Gasteiger partial charge in [0, 0.05) is 20.5 Å². The Kier molecular flexibility index (Phi) is 10.0. The molecule has 0 aromatic heterocycles. The fraction of sp³-hybridized carbons (Fsp3) is 0.833. The minimum atomic E-state index is -5.08. The van der Waals surface area contributed by atoms with Gasteiger partial charge in [-0.2, -0.15) is 13.2 Å². The van der Waals surface area contributed by atoms with Crippen LogP contribution in [0.25, 0.3) is 0 Å². The zero-order valence-corrected chi connectivity index (χ0v) is 12.2. The Labute approximate surface area is 116 Å². The van der Waals surface area contributed by atoms with Crippen molar-refractivity contribution >= 4 is 11.9 Å². The molecule has 0 rings (SSSR count). The molecule has 0 aliphatic rings. The molecule has 0 aromatic carbocycles. The summed E-state index contributed by atoms with van der Waals surface area (Å²) in [6.07, 6.45) is -3.46. The third-order valence-corrected chi connectivity index (χ3v) is 2.34. The van der Waals surface area contributed by atoms with E-state index in [2.05, 4.69) is 13.8 Å². The van der Waals surface area contributed by atoms with Gasteiger partial charge in [0.1, 0.15) is 0 Å². The summed E-state index contributed by atoms with van der Waals surface area (Å²) in [7, 11) is 3.57. The summed E-state index contributed by atoms with van der Waals surface area (Å²) in [5, 5.41) is 7.12. The van der Waals surface area contributed by atoms with Crippen LogP contribution in [0.4, 0.5) is 13.2 Å². The average molecular weight is 300 g/mol. The Morgan fingerprint density at radius 2 is 1.65 bits per heavy atom. The van der Waals surface area contributed by atoms with Gasteiger partial charge in [-0.05, 0) is 24.8 Å². The lowest BCUT2D eigenvalue weighted by Gasteiger charge is -2.18. The fourth-order valence-electron chi connectivity index (χ4n) is 1.36. The van der Waals surface area contributed by atoms with Crippen molar-refractivity contribution in [2.75, 3.05) is 20.6 Å². The van der Waals surface area contributed by atoms with E-state index >= 15 is 0 Å². The van der Waals surface area contributed by atoms with Crippen LogP contribution in [0.1, 0.15) is 26.7 Å². The number of nitrogens with two attached hydrogens (primary N) is 1. The highest BCUT2D eigenvalue weighted by atomic mass is 19.4. The van der Waals surface area contributed by atoms with Gasteiger partial charge in [-0.3, -0.25) is 4.79 Å². The van der Waals surface area contributed by atoms with E-state index < -0.39 is 12.1 Å². The van der Waals surface area contributed by atoms with E-state index in [1.807, 2.05) is 0 Å². The summed E-state index contributed by atoms with van der Waals surface area (Å²) in [6.45, 7) is 4.92. The highest BCUT2D eigenvalue weighted by Crippen LogP contribution is 2.14. The molecule has 0 aromatic rings. The maximum atomic E-state index is 11.4. The van der Waals surface area contributed by atoms with Gasteiger partial charge in [0.05, 0.1) is 0 Å². The van der Waals surface area contributed by atoms with Crippen molar-refractivity contribution in [3.63, 3.8) is 0 Å². The molecule has 1 amide bonds. The van der Waals surface area contributed by atoms with Crippen molar-refractivity contribution < 1.29 is 27.9 Å². The zero-order chi connectivity index (χ0) is 16.5. The van der Waals surface area contributed by atoms with E-state index in [-0.39, 0.29) is 5.91 Å². The molecule has 0 heterocycles. The van der Waals surface area contributed by atoms with Gasteiger partial charge in [0.25, 0.3) is 0 Å². The van der Waals surface area contributed by atoms with Crippen molar-refractivity contribution in [2.24, 2.45) is 17.6 Å². The second-order valence-corrected chi connectivity index (χ2v) is 5.03. The van der Waals surface area contributed by atoms with Gasteiger partial charge in [-0.1, -0.05) is 13.8 Å². The number of hydrogen-bond acceptors (Lipinski definition) is 3. The topological polar surface area (TPSA) is 83.6 Å². The number of carboxylic acids is 1. The van der Waals surface area contributed by atoms with Gasteiger partial charge in [-0.25, -0.2) is 4.79 Å². The molecule has 0 saturated carbocycles. The van der Waals surface area contributed by atoms with E-state index in [0.717, 1.165) is 6.42 Å². The first-order chi connectivity index (χ1) is 8.91. The van der Waals surface area contributed by atoms with Gasteiger partial charge in [-0.15, -0.1) is 0 Å². The van der Waals surface area contributed by atoms with E-state index in [9.17, 15) is 18.0 Å². The number of amides is 1. The van der Waals surface area contributed by atoms with Crippen LogP contribution in [0, 0.1) is 11.8 Å². The number of rotatable bonds is 5. The summed E-state index contributed by atoms with van der Waals surface area (Å²) in [6, 6.07) is 0. The monoisotopic (exact) mass is 300 g/mol. The van der Waals surface area contributed by atoms with Crippen molar-refractivity contribution in [3.8, 4) is 0 Å². The van der Waals surface area contributed by atoms with Crippen molar-refractivity contribution in [1.29, 1.82) is 0 Å². The van der Waals surface area contributed by atoms with Crippen LogP contribution in [0.5, 0.6) is 0 Å². The lowest BCUT2D eigenvalue weighted by atomic mass is 9.94. The highest BCUT2D eigenvalue weighted by molar-refractivity contribution is 5.75. The number of halogens is 3. The molecule has 20 heavy (non-hydrogen) atoms. The third-order valence-electron chi connectivity index (χ3n) is 2.34. The fourth-order valence-corrected chi connectivity index (χ4v) is 1.36. The Hall–Kier alpha value is -1.31. The Balaban J connectivity index is 0. The quantitative estimate of drug-likeness (QED) is 0.809. The molecule has 8 heteroatoms. The Morgan fingerprint density at radius 1 is 1.25 bits per heavy atom. The van der Waals surface area contributed by atoms with Gasteiger partial charge < -0.3 is 15.7 Å². The first-order valence-corrected chi connectivity index (χ1v) is 6.12. The Bertz CT molecular complexity index is 305. The van der Waals surface area contributed by atoms with Gasteiger partial charge in [0.2, 0.25) is 5.91 Å². The number of carbonyl (C=O) groups is 2. The molecular weight excluding hydrogens is 277 g/mol. The summed E-state index contributed by atoms with van der Waals surface area (Å²) in [5.74, 6) is -1.62. The van der Waals surface area contributed by atoms with Crippen molar-refractivity contribution in [3.05, 3.63) is 0 Å². The second kappa shape index (κ2) is 9.57. The standard InChI is InChI=1S/C10H22N2O.C2HF3O2/c1-8(2)5-9(7-11)6-10(13)12(3)4;3-2(4,5)1(6)7/h8-9H,5-7,11H2,1-4H3;(H,6,7)/t9-;/m0./s1. The molecule has 0 saturated heterocycles. The number of aliphatic carboxylic acids is 1. The molecule has 0 aliphatic carbocycles. The van der Waals surface area contributed by atoms with E-state index in [0.29, 0.717) is 24.8 Å². The number of carboxylic acid groups (broad SMARTS) is 1. The van der Waals surface area contributed by atoms with Gasteiger partial charge in [0.15, 0.2) is 0 Å². The molecule has 0 spiro atoms. The molecule has 0 bridgehead atoms. The molecule has 0 aliphatic heterocycles. The number of hydrogen-bond donors (Lipinski definition) is 2.